The molecule has 2 aromatic rings. The number of Topliss-reactive ketones (excluding diaryl/α,β-unsaturated/α-hetero) is 1. The van der Waals surface area contributed by atoms with Crippen molar-refractivity contribution < 1.29 is 14.1 Å². The van der Waals surface area contributed by atoms with E-state index in [4.69, 9.17) is 4.42 Å². The standard InChI is InChI=1S/C14H13NO4/c16-13(14-7-4-8-19-14)9-12(10-15(17)18)11-5-2-1-3-6-11/h1-8,12H,9-10H2/t12-/m0/s1. The Morgan fingerprint density at radius 2 is 1.95 bits per heavy atom. The van der Waals surface area contributed by atoms with Gasteiger partial charge in [-0.1, -0.05) is 30.3 Å². The van der Waals surface area contributed by atoms with E-state index in [1.807, 2.05) is 6.07 Å². The maximum atomic E-state index is 12.0. The lowest BCUT2D eigenvalue weighted by molar-refractivity contribution is -0.483. The molecule has 1 aromatic carbocycles. The van der Waals surface area contributed by atoms with Crippen LogP contribution in [-0.2, 0) is 0 Å². The van der Waals surface area contributed by atoms with Gasteiger partial charge in [0.1, 0.15) is 0 Å². The van der Waals surface area contributed by atoms with Gasteiger partial charge in [-0.25, -0.2) is 0 Å². The van der Waals surface area contributed by atoms with Gasteiger partial charge < -0.3 is 4.42 Å². The number of hydrogen-bond acceptors (Lipinski definition) is 4. The van der Waals surface area contributed by atoms with Crippen LogP contribution in [-0.4, -0.2) is 17.3 Å². The summed E-state index contributed by atoms with van der Waals surface area (Å²) in [6, 6.07) is 12.2. The number of carbonyl (C=O) groups excluding carboxylic acids is 1. The lowest BCUT2D eigenvalue weighted by atomic mass is 9.93. The molecule has 0 spiro atoms. The molecule has 0 aliphatic rings. The van der Waals surface area contributed by atoms with Crippen molar-refractivity contribution in [2.45, 2.75) is 12.3 Å². The number of furan rings is 1. The minimum atomic E-state index is -0.436. The van der Waals surface area contributed by atoms with E-state index >= 15 is 0 Å². The highest BCUT2D eigenvalue weighted by molar-refractivity contribution is 5.93. The van der Waals surface area contributed by atoms with Crippen LogP contribution in [0.2, 0.25) is 0 Å². The minimum Gasteiger partial charge on any atom is -0.461 e. The lowest BCUT2D eigenvalue weighted by Gasteiger charge is -2.11. The normalized spacial score (nSPS) is 12.0. The van der Waals surface area contributed by atoms with Crippen molar-refractivity contribution in [2.75, 3.05) is 6.54 Å². The van der Waals surface area contributed by atoms with E-state index < -0.39 is 10.8 Å². The van der Waals surface area contributed by atoms with Gasteiger partial charge in [-0.2, -0.15) is 0 Å². The third-order valence-electron chi connectivity index (χ3n) is 2.87. The molecule has 0 amide bonds. The van der Waals surface area contributed by atoms with Crippen LogP contribution in [0.1, 0.15) is 28.5 Å². The highest BCUT2D eigenvalue weighted by Crippen LogP contribution is 2.22. The molecule has 2 rings (SSSR count). The maximum absolute atomic E-state index is 12.0. The Kier molecular flexibility index (Phi) is 4.07. The molecular formula is C14H13NO4. The number of nitro groups is 1. The molecule has 0 N–H and O–H groups in total. The molecule has 0 fully saturated rings. The first-order valence-corrected chi connectivity index (χ1v) is 5.90. The summed E-state index contributed by atoms with van der Waals surface area (Å²) in [5.74, 6) is -0.418. The monoisotopic (exact) mass is 259 g/mol. The van der Waals surface area contributed by atoms with E-state index in [1.165, 1.54) is 6.26 Å². The van der Waals surface area contributed by atoms with Gasteiger partial charge in [-0.15, -0.1) is 0 Å². The number of carbonyl (C=O) groups is 1. The largest absolute Gasteiger partial charge is 0.461 e. The van der Waals surface area contributed by atoms with Crippen LogP contribution >= 0.6 is 0 Å². The van der Waals surface area contributed by atoms with Crippen LogP contribution in [0, 0.1) is 10.1 Å². The molecule has 0 aliphatic carbocycles. The molecule has 1 atom stereocenters. The fourth-order valence-electron chi connectivity index (χ4n) is 1.95. The summed E-state index contributed by atoms with van der Waals surface area (Å²) in [4.78, 5) is 22.3. The quantitative estimate of drug-likeness (QED) is 0.454. The number of hydrogen-bond donors (Lipinski definition) is 0. The van der Waals surface area contributed by atoms with E-state index in [0.29, 0.717) is 0 Å². The van der Waals surface area contributed by atoms with Gasteiger partial charge in [0, 0.05) is 11.3 Å². The molecule has 0 bridgehead atoms. The molecule has 1 aromatic heterocycles. The van der Waals surface area contributed by atoms with E-state index in [2.05, 4.69) is 0 Å². The fourth-order valence-corrected chi connectivity index (χ4v) is 1.95. The predicted octanol–water partition coefficient (Wildman–Crippen LogP) is 2.91. The Labute approximate surface area is 110 Å². The Morgan fingerprint density at radius 3 is 2.53 bits per heavy atom. The zero-order chi connectivity index (χ0) is 13.7. The molecule has 1 heterocycles. The zero-order valence-corrected chi connectivity index (χ0v) is 10.2. The summed E-state index contributed by atoms with van der Waals surface area (Å²) in [6.45, 7) is -0.267. The van der Waals surface area contributed by atoms with Crippen molar-refractivity contribution in [3.05, 3.63) is 70.2 Å². The van der Waals surface area contributed by atoms with Crippen molar-refractivity contribution >= 4 is 5.78 Å². The average molecular weight is 259 g/mol. The molecule has 0 saturated heterocycles. The van der Waals surface area contributed by atoms with Crippen LogP contribution in [0.15, 0.2) is 53.1 Å². The van der Waals surface area contributed by atoms with Gasteiger partial charge in [0.25, 0.3) is 0 Å². The van der Waals surface area contributed by atoms with Crippen molar-refractivity contribution in [1.82, 2.24) is 0 Å². The van der Waals surface area contributed by atoms with Gasteiger partial charge in [0.2, 0.25) is 6.54 Å². The second-order valence-electron chi connectivity index (χ2n) is 4.23. The summed E-state index contributed by atoms with van der Waals surface area (Å²) in [5.41, 5.74) is 0.791. The van der Waals surface area contributed by atoms with Crippen molar-refractivity contribution in [2.24, 2.45) is 0 Å². The molecule has 19 heavy (non-hydrogen) atoms. The highest BCUT2D eigenvalue weighted by atomic mass is 16.6. The predicted molar refractivity (Wildman–Crippen MR) is 68.7 cm³/mol. The fraction of sp³-hybridized carbons (Fsp3) is 0.214. The lowest BCUT2D eigenvalue weighted by Crippen LogP contribution is -2.16. The Bertz CT molecular complexity index is 548. The SMILES string of the molecule is O=C(C[C@@H](C[N+](=O)[O-])c1ccccc1)c1ccco1. The number of ketones is 1. The maximum Gasteiger partial charge on any atom is 0.211 e. The molecule has 0 aliphatic heterocycles. The average Bonchev–Trinajstić information content (AvgIpc) is 2.92. The van der Waals surface area contributed by atoms with Crippen LogP contribution in [0.3, 0.4) is 0 Å². The Hall–Kier alpha value is -2.43. The second-order valence-corrected chi connectivity index (χ2v) is 4.23. The molecular weight excluding hydrogens is 246 g/mol. The summed E-state index contributed by atoms with van der Waals surface area (Å²) >= 11 is 0. The summed E-state index contributed by atoms with van der Waals surface area (Å²) in [5, 5.41) is 10.7. The third kappa shape index (κ3) is 3.51. The van der Waals surface area contributed by atoms with Gasteiger partial charge in [-0.3, -0.25) is 14.9 Å². The second kappa shape index (κ2) is 5.95. The van der Waals surface area contributed by atoms with Gasteiger partial charge in [0.15, 0.2) is 11.5 Å². The van der Waals surface area contributed by atoms with Crippen LogP contribution in [0.5, 0.6) is 0 Å². The van der Waals surface area contributed by atoms with Crippen LogP contribution in [0.4, 0.5) is 0 Å². The molecule has 0 saturated carbocycles. The third-order valence-corrected chi connectivity index (χ3v) is 2.87. The van der Waals surface area contributed by atoms with Gasteiger partial charge in [0.05, 0.1) is 12.2 Å². The van der Waals surface area contributed by atoms with Crippen molar-refractivity contribution in [3.63, 3.8) is 0 Å². The van der Waals surface area contributed by atoms with Crippen molar-refractivity contribution in [1.29, 1.82) is 0 Å². The van der Waals surface area contributed by atoms with Crippen LogP contribution < -0.4 is 0 Å². The Balaban J connectivity index is 2.15. The Morgan fingerprint density at radius 1 is 1.21 bits per heavy atom. The molecule has 98 valence electrons. The number of benzene rings is 1. The summed E-state index contributed by atoms with van der Waals surface area (Å²) in [6.07, 6.45) is 1.48. The first-order valence-electron chi connectivity index (χ1n) is 5.90. The summed E-state index contributed by atoms with van der Waals surface area (Å²) < 4.78 is 5.02. The summed E-state index contributed by atoms with van der Waals surface area (Å²) in [7, 11) is 0. The minimum absolute atomic E-state index is 0.0680. The highest BCUT2D eigenvalue weighted by Gasteiger charge is 2.23. The van der Waals surface area contributed by atoms with E-state index in [-0.39, 0.29) is 24.5 Å². The molecule has 5 heteroatoms. The van der Waals surface area contributed by atoms with E-state index in [1.54, 1.807) is 36.4 Å². The topological polar surface area (TPSA) is 73.3 Å². The van der Waals surface area contributed by atoms with E-state index in [0.717, 1.165) is 5.56 Å². The molecule has 0 radical (unpaired) electrons. The smallest absolute Gasteiger partial charge is 0.211 e. The van der Waals surface area contributed by atoms with Gasteiger partial charge >= 0.3 is 0 Å². The molecule has 5 nitrogen and oxygen atoms in total. The van der Waals surface area contributed by atoms with Crippen LogP contribution in [0.25, 0.3) is 0 Å². The zero-order valence-electron chi connectivity index (χ0n) is 10.2. The molecule has 0 unspecified atom stereocenters. The number of nitrogens with zero attached hydrogens (tertiary/aromatic N) is 1. The first kappa shape index (κ1) is 13.0. The van der Waals surface area contributed by atoms with Gasteiger partial charge in [-0.05, 0) is 17.7 Å². The van der Waals surface area contributed by atoms with Crippen molar-refractivity contribution in [3.8, 4) is 0 Å². The number of rotatable bonds is 6. The first-order chi connectivity index (χ1) is 9.16. The van der Waals surface area contributed by atoms with E-state index in [9.17, 15) is 14.9 Å².